The molecule has 0 aromatic heterocycles. The molecule has 0 aliphatic carbocycles. The first-order chi connectivity index (χ1) is 7.13. The summed E-state index contributed by atoms with van der Waals surface area (Å²) < 4.78 is 10.7. The van der Waals surface area contributed by atoms with Gasteiger partial charge in [-0.05, 0) is 31.0 Å². The van der Waals surface area contributed by atoms with E-state index in [-0.39, 0.29) is 18.4 Å². The lowest BCUT2D eigenvalue weighted by molar-refractivity contribution is 0.377. The zero-order valence-electron chi connectivity index (χ0n) is 10.2. The molecule has 0 spiro atoms. The molecule has 1 rings (SSSR count). The van der Waals surface area contributed by atoms with Crippen LogP contribution in [0, 0.1) is 6.92 Å². The largest absolute Gasteiger partial charge is 0.496 e. The van der Waals surface area contributed by atoms with Crippen molar-refractivity contribution in [2.75, 3.05) is 14.2 Å². The molecule has 0 saturated heterocycles. The molecule has 0 unspecified atom stereocenters. The van der Waals surface area contributed by atoms with Gasteiger partial charge in [-0.1, -0.05) is 6.92 Å². The smallest absolute Gasteiger partial charge is 0.127 e. The van der Waals surface area contributed by atoms with Crippen LogP contribution in [0.25, 0.3) is 0 Å². The van der Waals surface area contributed by atoms with E-state index in [1.165, 1.54) is 0 Å². The van der Waals surface area contributed by atoms with Crippen LogP contribution in [0.4, 0.5) is 0 Å². The van der Waals surface area contributed by atoms with E-state index in [9.17, 15) is 0 Å². The Morgan fingerprint density at radius 2 is 1.62 bits per heavy atom. The van der Waals surface area contributed by atoms with Crippen molar-refractivity contribution >= 4 is 12.4 Å². The summed E-state index contributed by atoms with van der Waals surface area (Å²) in [6, 6.07) is 3.91. The van der Waals surface area contributed by atoms with Gasteiger partial charge in [0.25, 0.3) is 0 Å². The van der Waals surface area contributed by atoms with Gasteiger partial charge in [0.2, 0.25) is 0 Å². The SMILES string of the molecule is CC[C@@H](N)c1c(OC)cc(C)cc1OC.Cl. The van der Waals surface area contributed by atoms with Crippen molar-refractivity contribution in [1.82, 2.24) is 0 Å². The third-order valence-electron chi connectivity index (χ3n) is 2.50. The number of methoxy groups -OCH3 is 2. The summed E-state index contributed by atoms with van der Waals surface area (Å²) in [5, 5.41) is 0. The molecule has 2 N–H and O–H groups in total. The van der Waals surface area contributed by atoms with Gasteiger partial charge < -0.3 is 15.2 Å². The van der Waals surface area contributed by atoms with Crippen molar-refractivity contribution in [1.29, 1.82) is 0 Å². The quantitative estimate of drug-likeness (QED) is 0.887. The first-order valence-electron chi connectivity index (χ1n) is 5.12. The van der Waals surface area contributed by atoms with E-state index in [0.717, 1.165) is 29.0 Å². The Morgan fingerprint density at radius 3 is 1.94 bits per heavy atom. The maximum atomic E-state index is 6.04. The molecule has 0 radical (unpaired) electrons. The number of ether oxygens (including phenoxy) is 2. The molecule has 16 heavy (non-hydrogen) atoms. The predicted octanol–water partition coefficient (Wildman–Crippen LogP) is 2.84. The highest BCUT2D eigenvalue weighted by atomic mass is 35.5. The van der Waals surface area contributed by atoms with Crippen LogP contribution < -0.4 is 15.2 Å². The zero-order chi connectivity index (χ0) is 11.4. The lowest BCUT2D eigenvalue weighted by Crippen LogP contribution is -2.12. The summed E-state index contributed by atoms with van der Waals surface area (Å²) in [5.41, 5.74) is 8.10. The number of hydrogen-bond donors (Lipinski definition) is 1. The Labute approximate surface area is 103 Å². The monoisotopic (exact) mass is 245 g/mol. The summed E-state index contributed by atoms with van der Waals surface area (Å²) in [6.45, 7) is 4.05. The van der Waals surface area contributed by atoms with E-state index in [2.05, 4.69) is 0 Å². The molecule has 4 heteroatoms. The highest BCUT2D eigenvalue weighted by Crippen LogP contribution is 2.35. The molecule has 1 aromatic rings. The zero-order valence-corrected chi connectivity index (χ0v) is 11.1. The Hall–Kier alpha value is -0.930. The molecule has 0 amide bonds. The van der Waals surface area contributed by atoms with E-state index >= 15 is 0 Å². The molecule has 0 bridgehead atoms. The average Bonchev–Trinajstić information content (AvgIpc) is 2.26. The van der Waals surface area contributed by atoms with Gasteiger partial charge >= 0.3 is 0 Å². The van der Waals surface area contributed by atoms with Crippen molar-refractivity contribution in [2.24, 2.45) is 5.73 Å². The number of rotatable bonds is 4. The summed E-state index contributed by atoms with van der Waals surface area (Å²) in [5.74, 6) is 1.61. The maximum Gasteiger partial charge on any atom is 0.127 e. The highest BCUT2D eigenvalue weighted by Gasteiger charge is 2.16. The van der Waals surface area contributed by atoms with Gasteiger partial charge in [0, 0.05) is 6.04 Å². The van der Waals surface area contributed by atoms with Crippen molar-refractivity contribution < 1.29 is 9.47 Å². The second-order valence-corrected chi connectivity index (χ2v) is 3.60. The van der Waals surface area contributed by atoms with Gasteiger partial charge in [-0.15, -0.1) is 12.4 Å². The van der Waals surface area contributed by atoms with Gasteiger partial charge in [0.05, 0.1) is 19.8 Å². The van der Waals surface area contributed by atoms with Crippen molar-refractivity contribution in [2.45, 2.75) is 26.3 Å². The summed E-state index contributed by atoms with van der Waals surface area (Å²) in [7, 11) is 3.31. The molecule has 92 valence electrons. The Balaban J connectivity index is 0.00000225. The number of nitrogens with two attached hydrogens (primary N) is 1. The standard InChI is InChI=1S/C12H19NO2.ClH/c1-5-9(13)12-10(14-3)6-8(2)7-11(12)15-4;/h6-7,9H,5,13H2,1-4H3;1H/t9-;/m1./s1. The number of aryl methyl sites for hydroxylation is 1. The molecule has 0 aliphatic rings. The Kier molecular flexibility index (Phi) is 6.22. The average molecular weight is 246 g/mol. The molecular formula is C12H20ClNO2. The molecule has 0 fully saturated rings. The summed E-state index contributed by atoms with van der Waals surface area (Å²) in [6.07, 6.45) is 0.857. The van der Waals surface area contributed by atoms with Crippen LogP contribution in [0.5, 0.6) is 11.5 Å². The molecule has 3 nitrogen and oxygen atoms in total. The highest BCUT2D eigenvalue weighted by molar-refractivity contribution is 5.85. The van der Waals surface area contributed by atoms with Crippen LogP contribution in [0.15, 0.2) is 12.1 Å². The number of halogens is 1. The minimum Gasteiger partial charge on any atom is -0.496 e. The van der Waals surface area contributed by atoms with Gasteiger partial charge in [-0.25, -0.2) is 0 Å². The first kappa shape index (κ1) is 15.1. The van der Waals surface area contributed by atoms with Crippen LogP contribution in [0.3, 0.4) is 0 Å². The lowest BCUT2D eigenvalue weighted by Gasteiger charge is -2.18. The fraction of sp³-hybridized carbons (Fsp3) is 0.500. The third-order valence-corrected chi connectivity index (χ3v) is 2.50. The van der Waals surface area contributed by atoms with Crippen LogP contribution in [0.2, 0.25) is 0 Å². The maximum absolute atomic E-state index is 6.04. The van der Waals surface area contributed by atoms with Crippen LogP contribution >= 0.6 is 12.4 Å². The molecule has 1 atom stereocenters. The normalized spacial score (nSPS) is 11.6. The van der Waals surface area contributed by atoms with E-state index in [0.29, 0.717) is 0 Å². The fourth-order valence-corrected chi connectivity index (χ4v) is 1.64. The molecule has 0 saturated carbocycles. The minimum atomic E-state index is -0.0458. The summed E-state index contributed by atoms with van der Waals surface area (Å²) >= 11 is 0. The first-order valence-corrected chi connectivity index (χ1v) is 5.12. The van der Waals surface area contributed by atoms with Gasteiger partial charge in [-0.2, -0.15) is 0 Å². The number of benzene rings is 1. The molecule has 1 aromatic carbocycles. The van der Waals surface area contributed by atoms with E-state index in [4.69, 9.17) is 15.2 Å². The van der Waals surface area contributed by atoms with Gasteiger partial charge in [0.1, 0.15) is 11.5 Å². The lowest BCUT2D eigenvalue weighted by atomic mass is 10.0. The molecular weight excluding hydrogens is 226 g/mol. The van der Waals surface area contributed by atoms with E-state index in [1.807, 2.05) is 26.0 Å². The third kappa shape index (κ3) is 3.03. The van der Waals surface area contributed by atoms with E-state index < -0.39 is 0 Å². The van der Waals surface area contributed by atoms with Crippen molar-refractivity contribution in [3.05, 3.63) is 23.3 Å². The molecule has 0 heterocycles. The minimum absolute atomic E-state index is 0. The number of hydrogen-bond acceptors (Lipinski definition) is 3. The Bertz CT molecular complexity index is 317. The van der Waals surface area contributed by atoms with E-state index in [1.54, 1.807) is 14.2 Å². The van der Waals surface area contributed by atoms with Crippen molar-refractivity contribution in [3.8, 4) is 11.5 Å². The fourth-order valence-electron chi connectivity index (χ4n) is 1.64. The summed E-state index contributed by atoms with van der Waals surface area (Å²) in [4.78, 5) is 0. The van der Waals surface area contributed by atoms with Crippen LogP contribution in [-0.2, 0) is 0 Å². The Morgan fingerprint density at radius 1 is 1.19 bits per heavy atom. The topological polar surface area (TPSA) is 44.5 Å². The van der Waals surface area contributed by atoms with Crippen LogP contribution in [-0.4, -0.2) is 14.2 Å². The van der Waals surface area contributed by atoms with Crippen molar-refractivity contribution in [3.63, 3.8) is 0 Å². The second-order valence-electron chi connectivity index (χ2n) is 3.60. The van der Waals surface area contributed by atoms with Gasteiger partial charge in [-0.3, -0.25) is 0 Å². The molecule has 0 aliphatic heterocycles. The predicted molar refractivity (Wildman–Crippen MR) is 68.8 cm³/mol. The van der Waals surface area contributed by atoms with Gasteiger partial charge in [0.15, 0.2) is 0 Å². The second kappa shape index (κ2) is 6.61. The van der Waals surface area contributed by atoms with Crippen LogP contribution in [0.1, 0.15) is 30.5 Å².